The number of carboxylic acid groups (broad SMARTS) is 1. The van der Waals surface area contributed by atoms with E-state index in [2.05, 4.69) is 5.32 Å². The van der Waals surface area contributed by atoms with Crippen LogP contribution in [0.2, 0.25) is 0 Å². The molecule has 0 bridgehead atoms. The van der Waals surface area contributed by atoms with Crippen LogP contribution >= 0.6 is 0 Å². The van der Waals surface area contributed by atoms with E-state index in [9.17, 15) is 9.59 Å². The normalized spacial score (nSPS) is 11.6. The van der Waals surface area contributed by atoms with Gasteiger partial charge in [-0.2, -0.15) is 0 Å². The molecule has 0 saturated heterocycles. The van der Waals surface area contributed by atoms with Crippen molar-refractivity contribution in [3.05, 3.63) is 29.8 Å². The van der Waals surface area contributed by atoms with Crippen LogP contribution in [0.25, 0.3) is 0 Å². The van der Waals surface area contributed by atoms with Crippen molar-refractivity contribution in [3.8, 4) is 5.75 Å². The number of carboxylic acids is 1. The first-order valence-electron chi connectivity index (χ1n) is 4.68. The molecule has 5 nitrogen and oxygen atoms in total. The minimum atomic E-state index is -1.11. The Balaban J connectivity index is 3.00. The van der Waals surface area contributed by atoms with Crippen molar-refractivity contribution in [2.24, 2.45) is 0 Å². The fourth-order valence-corrected chi connectivity index (χ4v) is 1.31. The Morgan fingerprint density at radius 1 is 1.44 bits per heavy atom. The molecular weight excluding hydrogens is 210 g/mol. The van der Waals surface area contributed by atoms with Crippen LogP contribution in [-0.4, -0.2) is 24.1 Å². The maximum Gasteiger partial charge on any atom is 0.330 e. The summed E-state index contributed by atoms with van der Waals surface area (Å²) in [5.74, 6) is -0.951. The van der Waals surface area contributed by atoms with E-state index in [4.69, 9.17) is 9.84 Å². The highest BCUT2D eigenvalue weighted by atomic mass is 16.5. The number of ether oxygens (including phenoxy) is 1. The molecule has 0 spiro atoms. The van der Waals surface area contributed by atoms with Gasteiger partial charge in [0.1, 0.15) is 5.75 Å². The molecule has 5 heteroatoms. The van der Waals surface area contributed by atoms with E-state index in [1.54, 1.807) is 24.3 Å². The van der Waals surface area contributed by atoms with Gasteiger partial charge in [-0.25, -0.2) is 4.79 Å². The van der Waals surface area contributed by atoms with Crippen molar-refractivity contribution in [2.75, 3.05) is 7.11 Å². The molecule has 0 saturated carbocycles. The topological polar surface area (TPSA) is 75.6 Å². The van der Waals surface area contributed by atoms with E-state index in [0.29, 0.717) is 11.3 Å². The van der Waals surface area contributed by atoms with Crippen molar-refractivity contribution >= 4 is 11.9 Å². The number of benzene rings is 1. The predicted octanol–water partition coefficient (Wildman–Crippen LogP) is 0.957. The average molecular weight is 223 g/mol. The zero-order valence-electron chi connectivity index (χ0n) is 9.06. The maximum atomic E-state index is 11.0. The van der Waals surface area contributed by atoms with E-state index < -0.39 is 17.9 Å². The lowest BCUT2D eigenvalue weighted by Crippen LogP contribution is -2.31. The molecule has 0 heterocycles. The quantitative estimate of drug-likeness (QED) is 0.797. The lowest BCUT2D eigenvalue weighted by atomic mass is 10.1. The Morgan fingerprint density at radius 3 is 2.62 bits per heavy atom. The average Bonchev–Trinajstić information content (AvgIpc) is 2.25. The number of hydrogen-bond donors (Lipinski definition) is 2. The van der Waals surface area contributed by atoms with Gasteiger partial charge >= 0.3 is 5.97 Å². The van der Waals surface area contributed by atoms with Crippen molar-refractivity contribution in [3.63, 3.8) is 0 Å². The summed E-state index contributed by atoms with van der Waals surface area (Å²) in [6.07, 6.45) is 0. The third kappa shape index (κ3) is 2.98. The van der Waals surface area contributed by atoms with Crippen LogP contribution in [0.3, 0.4) is 0 Å². The second-order valence-corrected chi connectivity index (χ2v) is 3.25. The lowest BCUT2D eigenvalue weighted by Gasteiger charge is -2.14. The van der Waals surface area contributed by atoms with Gasteiger partial charge in [0.05, 0.1) is 7.11 Å². The largest absolute Gasteiger partial charge is 0.497 e. The number of carbonyl (C=O) groups is 2. The van der Waals surface area contributed by atoms with Gasteiger partial charge in [-0.3, -0.25) is 4.79 Å². The highest BCUT2D eigenvalue weighted by molar-refractivity contribution is 5.83. The molecule has 1 atom stereocenters. The molecule has 16 heavy (non-hydrogen) atoms. The molecule has 0 aliphatic carbocycles. The number of carbonyl (C=O) groups excluding carboxylic acids is 1. The second kappa shape index (κ2) is 5.16. The van der Waals surface area contributed by atoms with Gasteiger partial charge in [0, 0.05) is 6.92 Å². The molecule has 1 aromatic rings. The number of methoxy groups -OCH3 is 1. The molecule has 0 fully saturated rings. The summed E-state index contributed by atoms with van der Waals surface area (Å²) in [5.41, 5.74) is 0.474. The van der Waals surface area contributed by atoms with Crippen LogP contribution in [-0.2, 0) is 9.59 Å². The minimum absolute atomic E-state index is 0.393. The third-order valence-electron chi connectivity index (χ3n) is 2.02. The standard InChI is InChI=1S/C11H13NO4/c1-7(13)12-10(11(14)15)8-4-3-5-9(6-8)16-2/h3-6,10H,1-2H3,(H,12,13)(H,14,15)/t10-/m0/s1. The summed E-state index contributed by atoms with van der Waals surface area (Å²) in [6, 6.07) is 5.53. The highest BCUT2D eigenvalue weighted by Crippen LogP contribution is 2.19. The summed E-state index contributed by atoms with van der Waals surface area (Å²) in [6.45, 7) is 1.27. The molecule has 0 aliphatic rings. The first kappa shape index (κ1) is 12.0. The summed E-state index contributed by atoms with van der Waals surface area (Å²) in [4.78, 5) is 21.9. The number of hydrogen-bond acceptors (Lipinski definition) is 3. The Kier molecular flexibility index (Phi) is 3.88. The lowest BCUT2D eigenvalue weighted by molar-refractivity contribution is -0.141. The molecular formula is C11H13NO4. The fraction of sp³-hybridized carbons (Fsp3) is 0.273. The Bertz CT molecular complexity index is 403. The summed E-state index contributed by atoms with van der Waals surface area (Å²) in [5, 5.41) is 11.3. The zero-order valence-corrected chi connectivity index (χ0v) is 9.06. The third-order valence-corrected chi connectivity index (χ3v) is 2.02. The van der Waals surface area contributed by atoms with Gasteiger partial charge in [0.25, 0.3) is 0 Å². The van der Waals surface area contributed by atoms with E-state index in [-0.39, 0.29) is 0 Å². The van der Waals surface area contributed by atoms with Gasteiger partial charge < -0.3 is 15.2 Å². The summed E-state index contributed by atoms with van der Waals surface area (Å²) >= 11 is 0. The van der Waals surface area contributed by atoms with E-state index >= 15 is 0 Å². The van der Waals surface area contributed by atoms with Crippen molar-refractivity contribution in [2.45, 2.75) is 13.0 Å². The monoisotopic (exact) mass is 223 g/mol. The first-order chi connectivity index (χ1) is 7.54. The van der Waals surface area contributed by atoms with Crippen molar-refractivity contribution in [1.29, 1.82) is 0 Å². The smallest absolute Gasteiger partial charge is 0.330 e. The molecule has 0 aliphatic heterocycles. The van der Waals surface area contributed by atoms with Gasteiger partial charge in [-0.1, -0.05) is 12.1 Å². The van der Waals surface area contributed by atoms with E-state index in [1.807, 2.05) is 0 Å². The molecule has 0 radical (unpaired) electrons. The number of rotatable bonds is 4. The number of nitrogens with one attached hydrogen (secondary N) is 1. The van der Waals surface area contributed by atoms with E-state index in [0.717, 1.165) is 0 Å². The van der Waals surface area contributed by atoms with Crippen LogP contribution < -0.4 is 10.1 Å². The summed E-state index contributed by atoms with van der Waals surface area (Å²) in [7, 11) is 1.49. The molecule has 86 valence electrons. The molecule has 0 unspecified atom stereocenters. The van der Waals surface area contributed by atoms with Crippen molar-refractivity contribution in [1.82, 2.24) is 5.32 Å². The molecule has 1 rings (SSSR count). The van der Waals surface area contributed by atoms with Crippen LogP contribution in [0.15, 0.2) is 24.3 Å². The molecule has 1 aromatic carbocycles. The minimum Gasteiger partial charge on any atom is -0.497 e. The Hall–Kier alpha value is -2.04. The van der Waals surface area contributed by atoms with Gasteiger partial charge in [0.2, 0.25) is 5.91 Å². The fourth-order valence-electron chi connectivity index (χ4n) is 1.31. The highest BCUT2D eigenvalue weighted by Gasteiger charge is 2.20. The van der Waals surface area contributed by atoms with Gasteiger partial charge in [-0.05, 0) is 17.7 Å². The summed E-state index contributed by atoms with van der Waals surface area (Å²) < 4.78 is 4.98. The van der Waals surface area contributed by atoms with Crippen LogP contribution in [0.1, 0.15) is 18.5 Å². The van der Waals surface area contributed by atoms with Crippen LogP contribution in [0, 0.1) is 0 Å². The molecule has 1 amide bonds. The number of aliphatic carboxylic acids is 1. The first-order valence-corrected chi connectivity index (χ1v) is 4.68. The van der Waals surface area contributed by atoms with Crippen LogP contribution in [0.5, 0.6) is 5.75 Å². The maximum absolute atomic E-state index is 11.0. The second-order valence-electron chi connectivity index (χ2n) is 3.25. The predicted molar refractivity (Wildman–Crippen MR) is 57.2 cm³/mol. The van der Waals surface area contributed by atoms with E-state index in [1.165, 1.54) is 14.0 Å². The molecule has 0 aromatic heterocycles. The van der Waals surface area contributed by atoms with Gasteiger partial charge in [0.15, 0.2) is 6.04 Å². The molecule has 2 N–H and O–H groups in total. The Labute approximate surface area is 93.0 Å². The number of amides is 1. The zero-order chi connectivity index (χ0) is 12.1. The SMILES string of the molecule is COc1cccc([C@H](NC(C)=O)C(=O)O)c1. The Morgan fingerprint density at radius 2 is 2.12 bits per heavy atom. The van der Waals surface area contributed by atoms with Crippen molar-refractivity contribution < 1.29 is 19.4 Å². The van der Waals surface area contributed by atoms with Crippen LogP contribution in [0.4, 0.5) is 0 Å². The van der Waals surface area contributed by atoms with Gasteiger partial charge in [-0.15, -0.1) is 0 Å².